The number of fused-ring (bicyclic) bond motifs is 3. The van der Waals surface area contributed by atoms with Crippen molar-refractivity contribution in [2.75, 3.05) is 0 Å². The van der Waals surface area contributed by atoms with Crippen molar-refractivity contribution in [3.8, 4) is 0 Å². The van der Waals surface area contributed by atoms with Crippen LogP contribution in [0.2, 0.25) is 0 Å². The molecule has 0 bridgehead atoms. The highest BCUT2D eigenvalue weighted by Gasteiger charge is 2.33. The van der Waals surface area contributed by atoms with E-state index in [-0.39, 0.29) is 4.90 Å². The zero-order valence-corrected chi connectivity index (χ0v) is 16.5. The number of aromatic nitrogens is 1. The molecule has 0 spiro atoms. The van der Waals surface area contributed by atoms with Gasteiger partial charge in [-0.25, -0.2) is 12.4 Å². The Morgan fingerprint density at radius 1 is 1.00 bits per heavy atom. The predicted octanol–water partition coefficient (Wildman–Crippen LogP) is 5.54. The Bertz CT molecular complexity index is 1150. The van der Waals surface area contributed by atoms with Crippen molar-refractivity contribution in [1.29, 1.82) is 0 Å². The number of hydrogen-bond donors (Lipinski definition) is 0. The van der Waals surface area contributed by atoms with Gasteiger partial charge in [0, 0.05) is 15.6 Å². The van der Waals surface area contributed by atoms with E-state index in [1.54, 1.807) is 12.1 Å². The smallest absolute Gasteiger partial charge is 0.238 e. The highest BCUT2D eigenvalue weighted by Crippen LogP contribution is 2.37. The first-order valence-corrected chi connectivity index (χ1v) is 10.7. The number of hydrogen-bond acceptors (Lipinski definition) is 2. The molecule has 2 aromatic carbocycles. The van der Waals surface area contributed by atoms with E-state index in [1.807, 2.05) is 6.07 Å². The SMILES string of the molecule is O=S(=O)(c1cccc(C(F)(F)F)c1)n1c2c(c3cc(Br)ccc31)CCCC2. The van der Waals surface area contributed by atoms with Gasteiger partial charge < -0.3 is 0 Å². The van der Waals surface area contributed by atoms with Gasteiger partial charge in [0.25, 0.3) is 10.0 Å². The number of rotatable bonds is 2. The lowest BCUT2D eigenvalue weighted by atomic mass is 9.96. The molecule has 27 heavy (non-hydrogen) atoms. The molecular formula is C19H15BrF3NO2S. The van der Waals surface area contributed by atoms with Crippen LogP contribution in [0.5, 0.6) is 0 Å². The second-order valence-corrected chi connectivity index (χ2v) is 9.29. The first kappa shape index (κ1) is 18.6. The topological polar surface area (TPSA) is 39.1 Å². The van der Waals surface area contributed by atoms with Crippen LogP contribution in [0, 0.1) is 0 Å². The van der Waals surface area contributed by atoms with Gasteiger partial charge in [-0.1, -0.05) is 22.0 Å². The Hall–Kier alpha value is -1.80. The minimum Gasteiger partial charge on any atom is -0.238 e. The first-order valence-electron chi connectivity index (χ1n) is 8.44. The highest BCUT2D eigenvalue weighted by molar-refractivity contribution is 9.10. The first-order chi connectivity index (χ1) is 12.7. The Morgan fingerprint density at radius 3 is 2.48 bits per heavy atom. The Labute approximate surface area is 163 Å². The second kappa shape index (κ2) is 6.38. The number of aryl methyl sites for hydroxylation is 1. The average molecular weight is 458 g/mol. The van der Waals surface area contributed by atoms with Crippen molar-refractivity contribution in [3.63, 3.8) is 0 Å². The summed E-state index contributed by atoms with van der Waals surface area (Å²) in [5.41, 5.74) is 1.17. The summed E-state index contributed by atoms with van der Waals surface area (Å²) in [7, 11) is -4.16. The van der Waals surface area contributed by atoms with Crippen molar-refractivity contribution in [2.45, 2.75) is 36.8 Å². The van der Waals surface area contributed by atoms with E-state index in [2.05, 4.69) is 15.9 Å². The molecule has 0 radical (unpaired) electrons. The van der Waals surface area contributed by atoms with Crippen molar-refractivity contribution in [3.05, 3.63) is 63.8 Å². The van der Waals surface area contributed by atoms with E-state index in [9.17, 15) is 21.6 Å². The molecule has 4 rings (SSSR count). The second-order valence-electron chi connectivity index (χ2n) is 6.59. The standard InChI is InChI=1S/C19H15BrF3NO2S/c20-13-8-9-18-16(11-13)15-6-1-2-7-17(15)24(18)27(25,26)14-5-3-4-12(10-14)19(21,22)23/h3-5,8-11H,1-2,6-7H2. The van der Waals surface area contributed by atoms with Gasteiger partial charge in [-0.2, -0.15) is 13.2 Å². The van der Waals surface area contributed by atoms with Crippen LogP contribution in [0.25, 0.3) is 10.9 Å². The molecule has 0 unspecified atom stereocenters. The molecule has 0 atom stereocenters. The fourth-order valence-corrected chi connectivity index (χ4v) is 5.70. The zero-order valence-electron chi connectivity index (χ0n) is 14.1. The van der Waals surface area contributed by atoms with Crippen molar-refractivity contribution in [2.24, 2.45) is 0 Å². The molecule has 142 valence electrons. The molecule has 0 saturated heterocycles. The van der Waals surface area contributed by atoms with Gasteiger partial charge in [-0.05, 0) is 67.6 Å². The number of nitrogens with zero attached hydrogens (tertiary/aromatic N) is 1. The van der Waals surface area contributed by atoms with Crippen LogP contribution in [0.15, 0.2) is 51.8 Å². The van der Waals surface area contributed by atoms with Crippen LogP contribution < -0.4 is 0 Å². The third-order valence-corrected chi connectivity index (χ3v) is 7.13. The molecule has 0 N–H and O–H groups in total. The third-order valence-electron chi connectivity index (χ3n) is 4.89. The van der Waals surface area contributed by atoms with Crippen LogP contribution in [-0.2, 0) is 29.0 Å². The average Bonchev–Trinajstić information content (AvgIpc) is 2.95. The molecule has 8 heteroatoms. The largest absolute Gasteiger partial charge is 0.416 e. The van der Waals surface area contributed by atoms with Gasteiger partial charge in [-0.3, -0.25) is 0 Å². The summed E-state index contributed by atoms with van der Waals surface area (Å²) in [5.74, 6) is 0. The summed E-state index contributed by atoms with van der Waals surface area (Å²) in [6, 6.07) is 9.23. The molecule has 1 aromatic heterocycles. The molecular weight excluding hydrogens is 443 g/mol. The molecule has 1 aliphatic rings. The minimum atomic E-state index is -4.60. The van der Waals surface area contributed by atoms with Gasteiger partial charge in [-0.15, -0.1) is 0 Å². The monoisotopic (exact) mass is 457 g/mol. The van der Waals surface area contributed by atoms with Crippen LogP contribution in [0.4, 0.5) is 13.2 Å². The van der Waals surface area contributed by atoms with E-state index in [1.165, 1.54) is 10.0 Å². The van der Waals surface area contributed by atoms with Crippen LogP contribution >= 0.6 is 15.9 Å². The molecule has 3 nitrogen and oxygen atoms in total. The summed E-state index contributed by atoms with van der Waals surface area (Å²) in [4.78, 5) is -0.356. The van der Waals surface area contributed by atoms with Gasteiger partial charge >= 0.3 is 6.18 Å². The normalized spacial score (nSPS) is 15.1. The number of benzene rings is 2. The molecule has 1 heterocycles. The van der Waals surface area contributed by atoms with Gasteiger partial charge in [0.2, 0.25) is 0 Å². The molecule has 0 aliphatic heterocycles. The van der Waals surface area contributed by atoms with E-state index < -0.39 is 21.8 Å². The van der Waals surface area contributed by atoms with E-state index >= 15 is 0 Å². The van der Waals surface area contributed by atoms with Crippen molar-refractivity contribution < 1.29 is 21.6 Å². The van der Waals surface area contributed by atoms with E-state index in [4.69, 9.17) is 0 Å². The fourth-order valence-electron chi connectivity index (χ4n) is 3.69. The number of alkyl halides is 3. The predicted molar refractivity (Wildman–Crippen MR) is 100 cm³/mol. The quantitative estimate of drug-likeness (QED) is 0.506. The lowest BCUT2D eigenvalue weighted by molar-refractivity contribution is -0.137. The summed E-state index contributed by atoms with van der Waals surface area (Å²) < 4.78 is 67.9. The third kappa shape index (κ3) is 3.08. The lowest BCUT2D eigenvalue weighted by Crippen LogP contribution is -2.18. The van der Waals surface area contributed by atoms with E-state index in [0.717, 1.165) is 46.8 Å². The maximum absolute atomic E-state index is 13.3. The molecule has 3 aromatic rings. The van der Waals surface area contributed by atoms with Gasteiger partial charge in [0.1, 0.15) is 0 Å². The highest BCUT2D eigenvalue weighted by atomic mass is 79.9. The fraction of sp³-hybridized carbons (Fsp3) is 0.263. The van der Waals surface area contributed by atoms with Crippen LogP contribution in [0.3, 0.4) is 0 Å². The summed E-state index contributed by atoms with van der Waals surface area (Å²) in [6.45, 7) is 0. The minimum absolute atomic E-state index is 0.356. The number of halogens is 4. The molecule has 0 saturated carbocycles. The van der Waals surface area contributed by atoms with Crippen LogP contribution in [0.1, 0.15) is 29.7 Å². The maximum Gasteiger partial charge on any atom is 0.416 e. The van der Waals surface area contributed by atoms with Gasteiger partial charge in [0.05, 0.1) is 16.0 Å². The summed E-state index contributed by atoms with van der Waals surface area (Å²) >= 11 is 3.41. The summed E-state index contributed by atoms with van der Waals surface area (Å²) in [5, 5.41) is 0.828. The maximum atomic E-state index is 13.3. The van der Waals surface area contributed by atoms with Crippen LogP contribution in [-0.4, -0.2) is 12.4 Å². The van der Waals surface area contributed by atoms with Gasteiger partial charge in [0.15, 0.2) is 0 Å². The molecule has 1 aliphatic carbocycles. The Morgan fingerprint density at radius 2 is 1.74 bits per heavy atom. The Kier molecular flexibility index (Phi) is 4.38. The zero-order chi connectivity index (χ0) is 19.4. The van der Waals surface area contributed by atoms with Crippen molar-refractivity contribution in [1.82, 2.24) is 3.97 Å². The Balaban J connectivity index is 2.00. The molecule has 0 fully saturated rings. The molecule has 0 amide bonds. The summed E-state index contributed by atoms with van der Waals surface area (Å²) in [6.07, 6.45) is -1.45. The lowest BCUT2D eigenvalue weighted by Gasteiger charge is -2.17. The van der Waals surface area contributed by atoms with E-state index in [0.29, 0.717) is 23.7 Å². The van der Waals surface area contributed by atoms with Crippen molar-refractivity contribution >= 4 is 36.9 Å².